The van der Waals surface area contributed by atoms with Crippen molar-refractivity contribution in [1.82, 2.24) is 19.7 Å². The van der Waals surface area contributed by atoms with Gasteiger partial charge in [0.25, 0.3) is 11.8 Å². The maximum Gasteiger partial charge on any atom is 0.257 e. The molecule has 0 radical (unpaired) electrons. The number of amides is 2. The molecular formula is C24H26ClN5O4. The molecule has 1 aliphatic heterocycles. The van der Waals surface area contributed by atoms with Crippen LogP contribution in [0.2, 0.25) is 5.02 Å². The second kappa shape index (κ2) is 10.1. The number of aryl methyl sites for hydroxylation is 1. The molecule has 9 nitrogen and oxygen atoms in total. The number of carbonyl (C=O) groups excluding carboxylic acids is 2. The van der Waals surface area contributed by atoms with E-state index < -0.39 is 0 Å². The second-order valence-corrected chi connectivity index (χ2v) is 8.52. The number of likely N-dealkylation sites (tertiary alicyclic amines) is 1. The van der Waals surface area contributed by atoms with Gasteiger partial charge in [0.15, 0.2) is 5.82 Å². The fourth-order valence-electron chi connectivity index (χ4n) is 3.25. The second-order valence-electron chi connectivity index (χ2n) is 8.12. The van der Waals surface area contributed by atoms with Crippen LogP contribution in [0.1, 0.15) is 47.4 Å². The van der Waals surface area contributed by atoms with Crippen molar-refractivity contribution >= 4 is 29.2 Å². The normalized spacial score (nSPS) is 13.7. The SMILES string of the molecule is CCC(C)Oc1cc(Oc2ncc(C(=O)N3CCC3)cc2Cl)cc(C(=O)Nc2ccn(C)n2)c1. The molecule has 0 saturated carbocycles. The van der Waals surface area contributed by atoms with E-state index in [-0.39, 0.29) is 28.8 Å². The molecule has 1 saturated heterocycles. The van der Waals surface area contributed by atoms with E-state index in [1.165, 1.54) is 6.20 Å². The molecule has 178 valence electrons. The van der Waals surface area contributed by atoms with Gasteiger partial charge in [-0.1, -0.05) is 18.5 Å². The number of halogens is 1. The summed E-state index contributed by atoms with van der Waals surface area (Å²) >= 11 is 6.37. The van der Waals surface area contributed by atoms with Crippen LogP contribution in [0.15, 0.2) is 42.7 Å². The number of rotatable bonds is 8. The molecule has 0 bridgehead atoms. The van der Waals surface area contributed by atoms with Crippen LogP contribution >= 0.6 is 11.6 Å². The predicted octanol–water partition coefficient (Wildman–Crippen LogP) is 4.54. The minimum atomic E-state index is -0.368. The van der Waals surface area contributed by atoms with E-state index in [1.807, 2.05) is 13.8 Å². The van der Waals surface area contributed by atoms with Crippen molar-refractivity contribution in [3.63, 3.8) is 0 Å². The molecule has 0 spiro atoms. The third kappa shape index (κ3) is 5.48. The molecule has 4 rings (SSSR count). The van der Waals surface area contributed by atoms with Gasteiger partial charge in [-0.25, -0.2) is 4.98 Å². The van der Waals surface area contributed by atoms with Gasteiger partial charge in [0, 0.05) is 50.2 Å². The van der Waals surface area contributed by atoms with E-state index in [2.05, 4.69) is 15.4 Å². The lowest BCUT2D eigenvalue weighted by Gasteiger charge is -2.30. The molecule has 0 aliphatic carbocycles. The van der Waals surface area contributed by atoms with Gasteiger partial charge in [-0.05, 0) is 38.0 Å². The van der Waals surface area contributed by atoms with Crippen molar-refractivity contribution in [1.29, 1.82) is 0 Å². The highest BCUT2D eigenvalue weighted by Gasteiger charge is 2.23. The summed E-state index contributed by atoms with van der Waals surface area (Å²) in [4.78, 5) is 31.2. The summed E-state index contributed by atoms with van der Waals surface area (Å²) in [5.74, 6) is 0.869. The lowest BCUT2D eigenvalue weighted by Crippen LogP contribution is -2.42. The average Bonchev–Trinajstić information content (AvgIpc) is 3.18. The van der Waals surface area contributed by atoms with Gasteiger partial charge in [-0.15, -0.1) is 0 Å². The summed E-state index contributed by atoms with van der Waals surface area (Å²) in [7, 11) is 1.77. The van der Waals surface area contributed by atoms with E-state index in [4.69, 9.17) is 21.1 Å². The molecule has 3 aromatic rings. The molecule has 3 heterocycles. The van der Waals surface area contributed by atoms with Crippen LogP contribution in [-0.2, 0) is 7.05 Å². The number of ether oxygens (including phenoxy) is 2. The van der Waals surface area contributed by atoms with Crippen LogP contribution in [0.3, 0.4) is 0 Å². The van der Waals surface area contributed by atoms with Crippen LogP contribution in [0.25, 0.3) is 0 Å². The zero-order valence-corrected chi connectivity index (χ0v) is 20.0. The molecule has 1 aromatic carbocycles. The Bertz CT molecular complexity index is 1210. The van der Waals surface area contributed by atoms with Crippen molar-refractivity contribution in [2.75, 3.05) is 18.4 Å². The van der Waals surface area contributed by atoms with Crippen molar-refractivity contribution in [3.05, 3.63) is 58.9 Å². The van der Waals surface area contributed by atoms with Crippen molar-refractivity contribution in [2.45, 2.75) is 32.8 Å². The molecule has 2 amide bonds. The van der Waals surface area contributed by atoms with E-state index in [0.717, 1.165) is 25.9 Å². The minimum absolute atomic E-state index is 0.0598. The minimum Gasteiger partial charge on any atom is -0.491 e. The highest BCUT2D eigenvalue weighted by atomic mass is 35.5. The third-order valence-corrected chi connectivity index (χ3v) is 5.69. The zero-order chi connectivity index (χ0) is 24.2. The molecule has 1 N–H and O–H groups in total. The lowest BCUT2D eigenvalue weighted by molar-refractivity contribution is 0.0651. The molecule has 10 heteroatoms. The van der Waals surface area contributed by atoms with E-state index in [9.17, 15) is 9.59 Å². The Balaban J connectivity index is 1.58. The Morgan fingerprint density at radius 2 is 1.94 bits per heavy atom. The van der Waals surface area contributed by atoms with Crippen LogP contribution in [0, 0.1) is 0 Å². The number of hydrogen-bond acceptors (Lipinski definition) is 6. The first-order chi connectivity index (χ1) is 16.3. The van der Waals surface area contributed by atoms with Gasteiger partial charge >= 0.3 is 0 Å². The summed E-state index contributed by atoms with van der Waals surface area (Å²) in [5, 5.41) is 7.12. The maximum absolute atomic E-state index is 12.9. The standard InChI is InChI=1S/C24H26ClN5O4/c1-4-15(2)33-18-10-16(22(31)27-21-6-9-29(3)28-21)11-19(13-18)34-23-20(25)12-17(14-26-23)24(32)30-7-5-8-30/h6,9-15H,4-5,7-8H2,1-3H3,(H,27,28,31). The van der Waals surface area contributed by atoms with E-state index in [0.29, 0.717) is 28.4 Å². The fraction of sp³-hybridized carbons (Fsp3) is 0.333. The molecule has 34 heavy (non-hydrogen) atoms. The number of anilines is 1. The van der Waals surface area contributed by atoms with Gasteiger partial charge in [0.1, 0.15) is 16.5 Å². The van der Waals surface area contributed by atoms with Crippen LogP contribution in [0.4, 0.5) is 5.82 Å². The highest BCUT2D eigenvalue weighted by Crippen LogP contribution is 2.32. The number of nitrogens with one attached hydrogen (secondary N) is 1. The van der Waals surface area contributed by atoms with Crippen molar-refractivity contribution < 1.29 is 19.1 Å². The monoisotopic (exact) mass is 483 g/mol. The van der Waals surface area contributed by atoms with Gasteiger partial charge in [0.05, 0.1) is 11.7 Å². The summed E-state index contributed by atoms with van der Waals surface area (Å²) in [6, 6.07) is 8.11. The Morgan fingerprint density at radius 3 is 2.56 bits per heavy atom. The predicted molar refractivity (Wildman–Crippen MR) is 128 cm³/mol. The molecule has 1 aliphatic rings. The Hall–Kier alpha value is -3.59. The highest BCUT2D eigenvalue weighted by molar-refractivity contribution is 6.32. The summed E-state index contributed by atoms with van der Waals surface area (Å²) < 4.78 is 13.4. The number of hydrogen-bond donors (Lipinski definition) is 1. The number of carbonyl (C=O) groups is 2. The van der Waals surface area contributed by atoms with Gasteiger partial charge < -0.3 is 19.7 Å². The fourth-order valence-corrected chi connectivity index (χ4v) is 3.45. The summed E-state index contributed by atoms with van der Waals surface area (Å²) in [6.45, 7) is 5.42. The average molecular weight is 484 g/mol. The number of nitrogens with zero attached hydrogens (tertiary/aromatic N) is 4. The van der Waals surface area contributed by atoms with E-state index >= 15 is 0 Å². The summed E-state index contributed by atoms with van der Waals surface area (Å²) in [6.07, 6.45) is 4.91. The third-order valence-electron chi connectivity index (χ3n) is 5.42. The van der Waals surface area contributed by atoms with Crippen molar-refractivity contribution in [2.24, 2.45) is 7.05 Å². The Morgan fingerprint density at radius 1 is 1.18 bits per heavy atom. The van der Waals surface area contributed by atoms with Gasteiger partial charge in [-0.3, -0.25) is 14.3 Å². The molecule has 1 fully saturated rings. The molecular weight excluding hydrogens is 458 g/mol. The smallest absolute Gasteiger partial charge is 0.257 e. The van der Waals surface area contributed by atoms with Gasteiger partial charge in [-0.2, -0.15) is 5.10 Å². The van der Waals surface area contributed by atoms with Crippen LogP contribution in [-0.4, -0.2) is 50.7 Å². The lowest BCUT2D eigenvalue weighted by atomic mass is 10.1. The van der Waals surface area contributed by atoms with Gasteiger partial charge in [0.2, 0.25) is 5.88 Å². The summed E-state index contributed by atoms with van der Waals surface area (Å²) in [5.41, 5.74) is 0.725. The number of aromatic nitrogens is 3. The largest absolute Gasteiger partial charge is 0.491 e. The first-order valence-electron chi connectivity index (χ1n) is 11.1. The molecule has 1 atom stereocenters. The van der Waals surface area contributed by atoms with Crippen LogP contribution in [0.5, 0.6) is 17.4 Å². The Kier molecular flexibility index (Phi) is 7.02. The topological polar surface area (TPSA) is 98.6 Å². The first kappa shape index (κ1) is 23.6. The Labute approximate surface area is 202 Å². The van der Waals surface area contributed by atoms with Crippen molar-refractivity contribution in [3.8, 4) is 17.4 Å². The molecule has 2 aromatic heterocycles. The zero-order valence-electron chi connectivity index (χ0n) is 19.2. The van der Waals surface area contributed by atoms with E-state index in [1.54, 1.807) is 53.2 Å². The first-order valence-corrected chi connectivity index (χ1v) is 11.5. The maximum atomic E-state index is 12.9. The number of benzene rings is 1. The molecule has 1 unspecified atom stereocenters. The van der Waals surface area contributed by atoms with Crippen LogP contribution < -0.4 is 14.8 Å². The quantitative estimate of drug-likeness (QED) is 0.505. The number of pyridine rings is 1.